The molecule has 7 nitrogen and oxygen atoms in total. The molecule has 0 unspecified atom stereocenters. The van der Waals surface area contributed by atoms with Gasteiger partial charge in [0.25, 0.3) is 0 Å². The summed E-state index contributed by atoms with van der Waals surface area (Å²) in [6.45, 7) is 4.75. The Balaban J connectivity index is 1.53. The Morgan fingerprint density at radius 1 is 1.03 bits per heavy atom. The second kappa shape index (κ2) is 7.85. The number of nitriles is 1. The second-order valence-electron chi connectivity index (χ2n) is 7.08. The number of aryl methyl sites for hydroxylation is 2. The normalized spacial score (nSPS) is 11.3. The molecule has 0 aliphatic heterocycles. The van der Waals surface area contributed by atoms with Crippen LogP contribution in [-0.4, -0.2) is 29.5 Å². The highest BCUT2D eigenvalue weighted by atomic mass is 32.2. The highest BCUT2D eigenvalue weighted by molar-refractivity contribution is 7.98. The van der Waals surface area contributed by atoms with Crippen LogP contribution in [0.4, 0.5) is 0 Å². The van der Waals surface area contributed by atoms with Gasteiger partial charge in [-0.25, -0.2) is 9.67 Å². The van der Waals surface area contributed by atoms with E-state index in [9.17, 15) is 5.26 Å². The van der Waals surface area contributed by atoms with Gasteiger partial charge in [-0.1, -0.05) is 48.2 Å². The van der Waals surface area contributed by atoms with Crippen molar-refractivity contribution in [3.05, 3.63) is 71.5 Å². The monoisotopic (exact) mass is 425 g/mol. The van der Waals surface area contributed by atoms with Gasteiger partial charge in [0.1, 0.15) is 11.6 Å². The maximum atomic E-state index is 9.69. The van der Waals surface area contributed by atoms with E-state index >= 15 is 0 Å². The average molecular weight is 426 g/mol. The predicted octanol–water partition coefficient (Wildman–Crippen LogP) is 4.66. The van der Waals surface area contributed by atoms with Crippen molar-refractivity contribution in [2.45, 2.75) is 31.3 Å². The third-order valence-electron chi connectivity index (χ3n) is 5.28. The van der Waals surface area contributed by atoms with Gasteiger partial charge in [-0.05, 0) is 32.0 Å². The lowest BCUT2D eigenvalue weighted by atomic mass is 10.2. The Hall–Kier alpha value is -3.70. The van der Waals surface area contributed by atoms with Gasteiger partial charge in [-0.15, -0.1) is 10.2 Å². The van der Waals surface area contributed by atoms with Crippen molar-refractivity contribution in [3.63, 3.8) is 0 Å². The molecule has 3 heterocycles. The molecule has 0 amide bonds. The highest BCUT2D eigenvalue weighted by Crippen LogP contribution is 2.29. The lowest BCUT2D eigenvalue weighted by Gasteiger charge is -2.07. The van der Waals surface area contributed by atoms with E-state index in [1.165, 1.54) is 11.8 Å². The van der Waals surface area contributed by atoms with E-state index in [0.29, 0.717) is 22.2 Å². The number of hydrogen-bond donors (Lipinski definition) is 0. The Bertz CT molecular complexity index is 1440. The summed E-state index contributed by atoms with van der Waals surface area (Å²) >= 11 is 1.46. The molecule has 0 fully saturated rings. The molecule has 0 saturated heterocycles. The van der Waals surface area contributed by atoms with Crippen LogP contribution in [0.15, 0.2) is 59.8 Å². The molecule has 8 heteroatoms. The molecule has 0 aliphatic carbocycles. The second-order valence-corrected chi connectivity index (χ2v) is 8.03. The van der Waals surface area contributed by atoms with Gasteiger partial charge in [0.2, 0.25) is 5.16 Å². The minimum absolute atomic E-state index is 0.512. The van der Waals surface area contributed by atoms with Crippen LogP contribution in [0.5, 0.6) is 0 Å². The number of para-hydroxylation sites is 2. The SMILES string of the molecule is CCn1c2ccccc2c2nnc(SCc3c(C#N)c(C)nn3-c3ccccc3)nc21. The first-order valence-electron chi connectivity index (χ1n) is 9.99. The van der Waals surface area contributed by atoms with Crippen molar-refractivity contribution in [2.75, 3.05) is 0 Å². The molecule has 0 spiro atoms. The fourth-order valence-electron chi connectivity index (χ4n) is 3.84. The zero-order valence-electron chi connectivity index (χ0n) is 17.1. The average Bonchev–Trinajstić information content (AvgIpc) is 3.31. The van der Waals surface area contributed by atoms with Gasteiger partial charge < -0.3 is 4.57 Å². The summed E-state index contributed by atoms with van der Waals surface area (Å²) < 4.78 is 3.98. The molecule has 0 radical (unpaired) electrons. The van der Waals surface area contributed by atoms with Gasteiger partial charge >= 0.3 is 0 Å². The number of nitrogens with zero attached hydrogens (tertiary/aromatic N) is 7. The standard InChI is InChI=1S/C23H19N7S/c1-3-29-19-12-8-7-11-17(19)21-22(29)25-23(27-26-21)31-14-20-18(13-24)15(2)28-30(20)16-9-5-4-6-10-16/h4-12H,3,14H2,1-2H3. The molecule has 5 rings (SSSR count). The van der Waals surface area contributed by atoms with Crippen LogP contribution in [0.25, 0.3) is 27.8 Å². The first kappa shape index (κ1) is 19.3. The summed E-state index contributed by atoms with van der Waals surface area (Å²) in [4.78, 5) is 4.80. The summed E-state index contributed by atoms with van der Waals surface area (Å²) in [7, 11) is 0. The van der Waals surface area contributed by atoms with Crippen molar-refractivity contribution >= 4 is 33.8 Å². The van der Waals surface area contributed by atoms with Gasteiger partial charge in [0.05, 0.1) is 28.2 Å². The number of hydrogen-bond acceptors (Lipinski definition) is 6. The number of thioether (sulfide) groups is 1. The van der Waals surface area contributed by atoms with Crippen LogP contribution in [-0.2, 0) is 12.3 Å². The molecular formula is C23H19N7S. The van der Waals surface area contributed by atoms with Gasteiger partial charge in [-0.2, -0.15) is 10.4 Å². The summed E-state index contributed by atoms with van der Waals surface area (Å²) in [6, 6.07) is 20.3. The number of rotatable bonds is 5. The van der Waals surface area contributed by atoms with Gasteiger partial charge in [0, 0.05) is 17.7 Å². The van der Waals surface area contributed by atoms with E-state index in [1.807, 2.05) is 60.1 Å². The van der Waals surface area contributed by atoms with Gasteiger partial charge in [0.15, 0.2) is 5.65 Å². The first-order chi connectivity index (χ1) is 15.2. The Morgan fingerprint density at radius 3 is 2.58 bits per heavy atom. The van der Waals surface area contributed by atoms with Gasteiger partial charge in [-0.3, -0.25) is 0 Å². The summed E-state index contributed by atoms with van der Waals surface area (Å²) in [5.74, 6) is 0.512. The van der Waals surface area contributed by atoms with E-state index in [4.69, 9.17) is 4.98 Å². The lowest BCUT2D eigenvalue weighted by Crippen LogP contribution is -2.03. The molecule has 3 aromatic heterocycles. The van der Waals surface area contributed by atoms with E-state index < -0.39 is 0 Å². The maximum absolute atomic E-state index is 9.69. The van der Waals surface area contributed by atoms with Crippen LogP contribution in [0.1, 0.15) is 23.9 Å². The van der Waals surface area contributed by atoms with Crippen molar-refractivity contribution in [1.29, 1.82) is 5.26 Å². The third kappa shape index (κ3) is 3.23. The molecule has 0 aliphatic rings. The molecular weight excluding hydrogens is 406 g/mol. The van der Waals surface area contributed by atoms with Crippen LogP contribution < -0.4 is 0 Å². The van der Waals surface area contributed by atoms with Crippen LogP contribution in [0.3, 0.4) is 0 Å². The van der Waals surface area contributed by atoms with E-state index in [-0.39, 0.29) is 0 Å². The molecule has 152 valence electrons. The number of benzene rings is 2. The Kier molecular flexibility index (Phi) is 4.88. The summed E-state index contributed by atoms with van der Waals surface area (Å²) in [5, 5.41) is 24.7. The minimum Gasteiger partial charge on any atom is -0.324 e. The molecule has 2 aromatic carbocycles. The molecule has 0 saturated carbocycles. The number of fused-ring (bicyclic) bond motifs is 3. The van der Waals surface area contributed by atoms with E-state index in [0.717, 1.165) is 40.0 Å². The zero-order chi connectivity index (χ0) is 21.4. The topological polar surface area (TPSA) is 85.2 Å². The summed E-state index contributed by atoms with van der Waals surface area (Å²) in [5.41, 5.74) is 5.79. The molecule has 5 aromatic rings. The first-order valence-corrected chi connectivity index (χ1v) is 11.0. The fraction of sp³-hybridized carbons (Fsp3) is 0.174. The van der Waals surface area contributed by atoms with Crippen molar-refractivity contribution in [1.82, 2.24) is 29.5 Å². The van der Waals surface area contributed by atoms with Crippen LogP contribution >= 0.6 is 11.8 Å². The Labute approximate surface area is 183 Å². The van der Waals surface area contributed by atoms with Crippen LogP contribution in [0.2, 0.25) is 0 Å². The summed E-state index contributed by atoms with van der Waals surface area (Å²) in [6.07, 6.45) is 0. The largest absolute Gasteiger partial charge is 0.324 e. The van der Waals surface area contributed by atoms with E-state index in [2.05, 4.69) is 38.9 Å². The maximum Gasteiger partial charge on any atom is 0.211 e. The third-order valence-corrected chi connectivity index (χ3v) is 6.13. The molecule has 31 heavy (non-hydrogen) atoms. The molecule has 0 bridgehead atoms. The number of aromatic nitrogens is 6. The van der Waals surface area contributed by atoms with E-state index in [1.54, 1.807) is 0 Å². The smallest absolute Gasteiger partial charge is 0.211 e. The minimum atomic E-state index is 0.512. The highest BCUT2D eigenvalue weighted by Gasteiger charge is 2.18. The van der Waals surface area contributed by atoms with Crippen molar-refractivity contribution < 1.29 is 0 Å². The van der Waals surface area contributed by atoms with Crippen molar-refractivity contribution in [2.24, 2.45) is 0 Å². The Morgan fingerprint density at radius 2 is 1.81 bits per heavy atom. The lowest BCUT2D eigenvalue weighted by molar-refractivity contribution is 0.788. The predicted molar refractivity (Wildman–Crippen MR) is 121 cm³/mol. The van der Waals surface area contributed by atoms with Crippen LogP contribution in [0, 0.1) is 18.3 Å². The fourth-order valence-corrected chi connectivity index (χ4v) is 4.62. The quantitative estimate of drug-likeness (QED) is 0.381. The molecule has 0 N–H and O–H groups in total. The van der Waals surface area contributed by atoms with Crippen molar-refractivity contribution in [3.8, 4) is 11.8 Å². The molecule has 0 atom stereocenters. The zero-order valence-corrected chi connectivity index (χ0v) is 18.0.